The lowest BCUT2D eigenvalue weighted by Crippen LogP contribution is -2.12. The molecule has 112 valence electrons. The normalized spacial score (nSPS) is 11.3. The number of benzene rings is 1. The molecule has 0 aliphatic heterocycles. The Bertz CT molecular complexity index is 561. The van der Waals surface area contributed by atoms with Crippen LogP contribution in [0.15, 0.2) is 29.4 Å². The summed E-state index contributed by atoms with van der Waals surface area (Å²) < 4.78 is 60.7. The van der Waals surface area contributed by atoms with Crippen molar-refractivity contribution in [1.82, 2.24) is 0 Å². The van der Waals surface area contributed by atoms with E-state index in [1.165, 1.54) is 25.1 Å². The molecule has 1 aromatic rings. The molecule has 1 rings (SSSR count). The molecule has 0 bridgehead atoms. The van der Waals surface area contributed by atoms with Gasteiger partial charge in [-0.25, -0.2) is 0 Å². The third kappa shape index (κ3) is 6.88. The minimum atomic E-state index is -4.38. The number of rotatable bonds is 3. The molecule has 0 saturated carbocycles. The molecule has 0 amide bonds. The van der Waals surface area contributed by atoms with Gasteiger partial charge in [0, 0.05) is 5.56 Å². The molecule has 1 aromatic carbocycles. The van der Waals surface area contributed by atoms with Gasteiger partial charge in [0.25, 0.3) is 0 Å². The first-order chi connectivity index (χ1) is 9.20. The molecule has 5 nitrogen and oxygen atoms in total. The Kier molecular flexibility index (Phi) is 7.52. The Hall–Kier alpha value is -1.90. The number of nitrogens with zero attached hydrogens (tertiary/aromatic N) is 1. The predicted octanol–water partition coefficient (Wildman–Crippen LogP) is 3.09. The smallest absolute Gasteiger partial charge is 0.396 e. The molecule has 0 spiro atoms. The van der Waals surface area contributed by atoms with Crippen LogP contribution in [0.4, 0.5) is 13.2 Å². The van der Waals surface area contributed by atoms with Crippen molar-refractivity contribution >= 4 is 16.2 Å². The van der Waals surface area contributed by atoms with Gasteiger partial charge >= 0.3 is 16.7 Å². The molecule has 20 heavy (non-hydrogen) atoms. The van der Waals surface area contributed by atoms with Crippen LogP contribution in [0.3, 0.4) is 0 Å². The Morgan fingerprint density at radius 1 is 1.35 bits per heavy atom. The van der Waals surface area contributed by atoms with E-state index >= 15 is 0 Å². The van der Waals surface area contributed by atoms with Crippen LogP contribution in [0.1, 0.15) is 25.0 Å². The fourth-order valence-electron chi connectivity index (χ4n) is 1.26. The maximum absolute atomic E-state index is 12.6. The number of hydrogen-bond acceptors (Lipinski definition) is 5. The molecular formula is C11H13F3N2O3S. The lowest BCUT2D eigenvalue weighted by molar-refractivity contribution is -0.137. The van der Waals surface area contributed by atoms with Crippen LogP contribution >= 0.6 is 0 Å². The zero-order valence-electron chi connectivity index (χ0n) is 10.7. The lowest BCUT2D eigenvalue weighted by Gasteiger charge is -2.11. The van der Waals surface area contributed by atoms with Gasteiger partial charge in [0.1, 0.15) is 6.61 Å². The summed E-state index contributed by atoms with van der Waals surface area (Å²) in [6, 6.07) is 5.29. The van der Waals surface area contributed by atoms with Crippen molar-refractivity contribution in [3.05, 3.63) is 35.4 Å². The molecule has 0 fully saturated rings. The number of hydrogen-bond donors (Lipinski definition) is 1. The zero-order chi connectivity index (χ0) is 15.8. The highest BCUT2D eigenvalue weighted by atomic mass is 32.2. The molecular weight excluding hydrogens is 297 g/mol. The van der Waals surface area contributed by atoms with Gasteiger partial charge in [-0.05, 0) is 19.9 Å². The number of alkyl halides is 3. The molecule has 1 N–H and O–H groups in total. The molecule has 0 atom stereocenters. The minimum Gasteiger partial charge on any atom is -0.396 e. The van der Waals surface area contributed by atoms with Crippen molar-refractivity contribution in [3.8, 4) is 0 Å². The van der Waals surface area contributed by atoms with Crippen molar-refractivity contribution in [3.63, 3.8) is 0 Å². The summed E-state index contributed by atoms with van der Waals surface area (Å²) in [6.45, 7) is 3.53. The molecule has 0 aliphatic rings. The van der Waals surface area contributed by atoms with Crippen LogP contribution in [0.2, 0.25) is 0 Å². The van der Waals surface area contributed by atoms with Gasteiger partial charge in [-0.15, -0.1) is 0 Å². The molecule has 0 heterocycles. The minimum absolute atomic E-state index is 0.0449. The third-order valence-electron chi connectivity index (χ3n) is 1.95. The maximum Gasteiger partial charge on any atom is 0.417 e. The van der Waals surface area contributed by atoms with E-state index in [9.17, 15) is 13.2 Å². The fourth-order valence-corrected chi connectivity index (χ4v) is 1.26. The van der Waals surface area contributed by atoms with Crippen LogP contribution < -0.4 is 0 Å². The van der Waals surface area contributed by atoms with E-state index < -0.39 is 22.2 Å². The Labute approximate surface area is 115 Å². The van der Waals surface area contributed by atoms with E-state index in [0.717, 1.165) is 6.07 Å². The molecule has 0 aliphatic carbocycles. The van der Waals surface area contributed by atoms with Crippen molar-refractivity contribution in [2.45, 2.75) is 20.0 Å². The second-order valence-corrected chi connectivity index (χ2v) is 3.84. The zero-order valence-corrected chi connectivity index (χ0v) is 11.5. The first kappa shape index (κ1) is 18.1. The van der Waals surface area contributed by atoms with Crippen molar-refractivity contribution < 1.29 is 26.4 Å². The summed E-state index contributed by atoms with van der Waals surface area (Å²) in [6.07, 6.45) is -4.38. The quantitative estimate of drug-likeness (QED) is 0.688. The average molecular weight is 310 g/mol. The van der Waals surface area contributed by atoms with Gasteiger partial charge in [-0.2, -0.15) is 26.4 Å². The van der Waals surface area contributed by atoms with Crippen LogP contribution in [-0.2, 0) is 21.5 Å². The van der Waals surface area contributed by atoms with Crippen molar-refractivity contribution in [2.75, 3.05) is 6.61 Å². The standard InChI is InChI=1S/C11H12F3NO.HNO2S/c1-3-16-15-8(2)9-6-4-5-7-10(9)11(12,13)14;1-4(2)3/h4-7H,3H2,1-2H3;1H/b15-8+;. The summed E-state index contributed by atoms with van der Waals surface area (Å²) in [5.41, 5.74) is -0.436. The maximum atomic E-state index is 12.6. The van der Waals surface area contributed by atoms with Crippen LogP contribution in [0.25, 0.3) is 0 Å². The van der Waals surface area contributed by atoms with E-state index in [2.05, 4.69) is 5.16 Å². The van der Waals surface area contributed by atoms with E-state index in [0.29, 0.717) is 6.61 Å². The van der Waals surface area contributed by atoms with E-state index in [4.69, 9.17) is 18.0 Å². The topological polar surface area (TPSA) is 79.6 Å². The van der Waals surface area contributed by atoms with Gasteiger partial charge in [0.05, 0.1) is 11.3 Å². The summed E-state index contributed by atoms with van der Waals surface area (Å²) in [5.74, 6) is 0. The van der Waals surface area contributed by atoms with Crippen molar-refractivity contribution in [1.29, 1.82) is 4.78 Å². The first-order valence-electron chi connectivity index (χ1n) is 5.33. The van der Waals surface area contributed by atoms with E-state index in [1.54, 1.807) is 6.92 Å². The molecule has 0 saturated heterocycles. The lowest BCUT2D eigenvalue weighted by atomic mass is 10.0. The first-order valence-corrected chi connectivity index (χ1v) is 6.41. The Morgan fingerprint density at radius 2 is 1.85 bits per heavy atom. The molecule has 9 heteroatoms. The monoisotopic (exact) mass is 310 g/mol. The summed E-state index contributed by atoms with van der Waals surface area (Å²) >= 11 is 0. The van der Waals surface area contributed by atoms with Crippen molar-refractivity contribution in [2.24, 2.45) is 5.16 Å². The van der Waals surface area contributed by atoms with E-state index in [1.807, 2.05) is 0 Å². The molecule has 0 radical (unpaired) electrons. The highest BCUT2D eigenvalue weighted by molar-refractivity contribution is 7.60. The summed E-state index contributed by atoms with van der Waals surface area (Å²) in [4.78, 5) is 4.74. The Morgan fingerprint density at radius 3 is 2.30 bits per heavy atom. The molecule has 0 unspecified atom stereocenters. The average Bonchev–Trinajstić information content (AvgIpc) is 2.34. The Balaban J connectivity index is 0.000000796. The third-order valence-corrected chi connectivity index (χ3v) is 1.95. The predicted molar refractivity (Wildman–Crippen MR) is 66.9 cm³/mol. The van der Waals surface area contributed by atoms with Crippen LogP contribution in [0, 0.1) is 4.78 Å². The van der Waals surface area contributed by atoms with Gasteiger partial charge in [0.15, 0.2) is 0 Å². The van der Waals surface area contributed by atoms with Gasteiger partial charge < -0.3 is 4.84 Å². The van der Waals surface area contributed by atoms with Gasteiger partial charge in [-0.3, -0.25) is 0 Å². The van der Waals surface area contributed by atoms with Gasteiger partial charge in [0.2, 0.25) is 0 Å². The SMILES string of the molecule is CCO/N=C(\C)c1ccccc1C(F)(F)F.N=S(=O)=O. The second-order valence-electron chi connectivity index (χ2n) is 3.37. The number of halogens is 3. The van der Waals surface area contributed by atoms with Crippen LogP contribution in [-0.4, -0.2) is 20.7 Å². The highest BCUT2D eigenvalue weighted by Gasteiger charge is 2.33. The molecule has 0 aromatic heterocycles. The number of oxime groups is 1. The summed E-state index contributed by atoms with van der Waals surface area (Å²) in [7, 11) is -2.61. The fraction of sp³-hybridized carbons (Fsp3) is 0.364. The number of nitrogens with one attached hydrogen (secondary N) is 1. The largest absolute Gasteiger partial charge is 0.417 e. The summed E-state index contributed by atoms with van der Waals surface area (Å²) in [5, 5.41) is 3.60. The highest BCUT2D eigenvalue weighted by Crippen LogP contribution is 2.32. The van der Waals surface area contributed by atoms with Gasteiger partial charge in [-0.1, -0.05) is 23.4 Å². The van der Waals surface area contributed by atoms with Crippen LogP contribution in [0.5, 0.6) is 0 Å². The second kappa shape index (κ2) is 8.31. The van der Waals surface area contributed by atoms with E-state index in [-0.39, 0.29) is 11.3 Å².